The SMILES string of the molecule is C=CC[C@@]1(C)C[C@H](c2cccc(Cl)c2)C(c2ccc(Cl)cc2)N([C@H](CCC(C)C)C(C)C)C1=O.C=CC[C@@]1(C)C[C@H](c2cccc(Cl)c2)C(c2ccc(Cl)cc2)N([C@H](CCC(C)C)C(C)C)C1=O. The fraction of sp³-hybridized carbons (Fsp3) is 0.500. The van der Waals surface area contributed by atoms with Crippen molar-refractivity contribution in [1.29, 1.82) is 0 Å². The lowest BCUT2D eigenvalue weighted by atomic mass is 9.66. The molecule has 8 heteroatoms. The molecular weight excluding hydrogens is 922 g/mol. The molecule has 0 saturated carbocycles. The van der Waals surface area contributed by atoms with Crippen molar-refractivity contribution in [3.8, 4) is 0 Å². The van der Waals surface area contributed by atoms with Crippen LogP contribution < -0.4 is 0 Å². The van der Waals surface area contributed by atoms with Crippen LogP contribution in [0.25, 0.3) is 0 Å². The van der Waals surface area contributed by atoms with Gasteiger partial charge in [0.2, 0.25) is 11.8 Å². The van der Waals surface area contributed by atoms with Crippen LogP contribution in [-0.2, 0) is 9.59 Å². The van der Waals surface area contributed by atoms with Crippen LogP contribution >= 0.6 is 46.4 Å². The van der Waals surface area contributed by atoms with Crippen molar-refractivity contribution < 1.29 is 9.59 Å². The van der Waals surface area contributed by atoms with Gasteiger partial charge in [-0.05, 0) is 146 Å². The first kappa shape index (κ1) is 55.4. The maximum atomic E-state index is 14.3. The van der Waals surface area contributed by atoms with Crippen LogP contribution in [0.3, 0.4) is 0 Å². The number of halogens is 4. The summed E-state index contributed by atoms with van der Waals surface area (Å²) in [6.45, 7) is 30.2. The number of allylic oxidation sites excluding steroid dienone is 2. The summed E-state index contributed by atoms with van der Waals surface area (Å²) in [6.07, 6.45) is 10.7. The minimum atomic E-state index is -0.511. The zero-order chi connectivity index (χ0) is 50.1. The van der Waals surface area contributed by atoms with E-state index in [1.54, 1.807) is 0 Å². The number of piperidine rings is 2. The predicted molar refractivity (Wildman–Crippen MR) is 291 cm³/mol. The standard InChI is InChI=1S/2C30H39Cl2NO/c2*1-7-17-30(6)19-26(23-9-8-10-25(32)18-23)28(22-12-14-24(31)15-13-22)33(29(30)34)27(21(4)5)16-11-20(2)3/h2*7-10,12-15,18,20-21,26-28H,1,11,16-17,19H2,2-6H3/t2*26-,27-,28?,30+/m11/s1. The van der Waals surface area contributed by atoms with Crippen LogP contribution in [0.5, 0.6) is 0 Å². The molecule has 0 aromatic heterocycles. The molecule has 2 fully saturated rings. The lowest BCUT2D eigenvalue weighted by Gasteiger charge is -2.53. The molecule has 4 aromatic carbocycles. The summed E-state index contributed by atoms with van der Waals surface area (Å²) in [5.41, 5.74) is 3.57. The van der Waals surface area contributed by atoms with Gasteiger partial charge in [0.1, 0.15) is 0 Å². The Morgan fingerprint density at radius 1 is 0.515 bits per heavy atom. The Labute approximate surface area is 430 Å². The van der Waals surface area contributed by atoms with Gasteiger partial charge in [-0.1, -0.05) is 176 Å². The molecule has 0 N–H and O–H groups in total. The maximum Gasteiger partial charge on any atom is 0.229 e. The quantitative estimate of drug-likeness (QED) is 0.0932. The van der Waals surface area contributed by atoms with E-state index < -0.39 is 10.8 Å². The van der Waals surface area contributed by atoms with E-state index >= 15 is 0 Å². The van der Waals surface area contributed by atoms with Gasteiger partial charge < -0.3 is 9.80 Å². The van der Waals surface area contributed by atoms with Crippen molar-refractivity contribution >= 4 is 58.2 Å². The Morgan fingerprint density at radius 3 is 1.13 bits per heavy atom. The van der Waals surface area contributed by atoms with Crippen molar-refractivity contribution in [3.05, 3.63) is 165 Å². The van der Waals surface area contributed by atoms with Crippen LogP contribution in [-0.4, -0.2) is 33.7 Å². The first-order chi connectivity index (χ1) is 32.1. The third kappa shape index (κ3) is 13.4. The number of benzene rings is 4. The van der Waals surface area contributed by atoms with Crippen LogP contribution in [0, 0.1) is 34.5 Å². The van der Waals surface area contributed by atoms with E-state index in [2.05, 4.69) is 141 Å². The third-order valence-electron chi connectivity index (χ3n) is 14.7. The third-order valence-corrected chi connectivity index (χ3v) is 15.7. The number of hydrogen-bond acceptors (Lipinski definition) is 2. The Hall–Kier alpha value is -3.54. The number of carbonyl (C=O) groups excluding carboxylic acids is 2. The largest absolute Gasteiger partial charge is 0.331 e. The maximum absolute atomic E-state index is 14.3. The number of hydrogen-bond donors (Lipinski definition) is 0. The van der Waals surface area contributed by atoms with Gasteiger partial charge in [-0.3, -0.25) is 9.59 Å². The van der Waals surface area contributed by atoms with Gasteiger partial charge in [-0.25, -0.2) is 0 Å². The van der Waals surface area contributed by atoms with Gasteiger partial charge in [-0.2, -0.15) is 0 Å². The summed E-state index contributed by atoms with van der Waals surface area (Å²) in [4.78, 5) is 33.2. The molecule has 68 heavy (non-hydrogen) atoms. The van der Waals surface area contributed by atoms with Gasteiger partial charge in [-0.15, -0.1) is 13.2 Å². The van der Waals surface area contributed by atoms with Crippen LogP contribution in [0.15, 0.2) is 122 Å². The zero-order valence-electron chi connectivity index (χ0n) is 42.5. The molecule has 4 aromatic rings. The van der Waals surface area contributed by atoms with E-state index in [4.69, 9.17) is 46.4 Å². The molecule has 0 bridgehead atoms. The average molecular weight is 1000 g/mol. The number of carbonyl (C=O) groups is 2. The highest BCUT2D eigenvalue weighted by Crippen LogP contribution is 2.55. The number of likely N-dealkylation sites (tertiary alicyclic amines) is 2. The molecule has 4 nitrogen and oxygen atoms in total. The second-order valence-corrected chi connectivity index (χ2v) is 23.6. The molecule has 2 aliphatic heterocycles. The lowest BCUT2D eigenvalue weighted by molar-refractivity contribution is -0.157. The summed E-state index contributed by atoms with van der Waals surface area (Å²) < 4.78 is 0. The Kier molecular flexibility index (Phi) is 20.0. The molecule has 368 valence electrons. The summed E-state index contributed by atoms with van der Waals surface area (Å²) in [5, 5.41) is 2.85. The van der Waals surface area contributed by atoms with Crippen molar-refractivity contribution in [1.82, 2.24) is 9.80 Å². The number of amides is 2. The van der Waals surface area contributed by atoms with E-state index in [-0.39, 0.29) is 47.8 Å². The van der Waals surface area contributed by atoms with Gasteiger partial charge in [0, 0.05) is 44.0 Å². The highest BCUT2D eigenvalue weighted by molar-refractivity contribution is 6.31. The highest BCUT2D eigenvalue weighted by atomic mass is 35.5. The van der Waals surface area contributed by atoms with Crippen molar-refractivity contribution in [2.24, 2.45) is 34.5 Å². The summed E-state index contributed by atoms with van der Waals surface area (Å²) >= 11 is 25.4. The average Bonchev–Trinajstić information content (AvgIpc) is 3.27. The van der Waals surface area contributed by atoms with Crippen LogP contribution in [0.2, 0.25) is 20.1 Å². The molecular formula is C60H78Cl4N2O2. The molecule has 6 rings (SSSR count). The molecule has 0 aliphatic carbocycles. The Morgan fingerprint density at radius 2 is 0.853 bits per heavy atom. The van der Waals surface area contributed by atoms with Crippen molar-refractivity contribution in [2.45, 2.75) is 157 Å². The van der Waals surface area contributed by atoms with Gasteiger partial charge in [0.15, 0.2) is 0 Å². The fourth-order valence-corrected chi connectivity index (χ4v) is 11.7. The minimum Gasteiger partial charge on any atom is -0.331 e. The smallest absolute Gasteiger partial charge is 0.229 e. The van der Waals surface area contributed by atoms with Crippen molar-refractivity contribution in [3.63, 3.8) is 0 Å². The first-order valence-electron chi connectivity index (χ1n) is 25.0. The predicted octanol–water partition coefficient (Wildman–Crippen LogP) is 18.2. The molecule has 2 amide bonds. The second kappa shape index (κ2) is 24.5. The van der Waals surface area contributed by atoms with Gasteiger partial charge >= 0.3 is 0 Å². The Balaban J connectivity index is 0.000000254. The van der Waals surface area contributed by atoms with Gasteiger partial charge in [0.05, 0.1) is 22.9 Å². The van der Waals surface area contributed by atoms with E-state index in [1.165, 1.54) is 11.1 Å². The molecule has 2 aliphatic rings. The minimum absolute atomic E-state index is 0.0827. The monoisotopic (exact) mass is 998 g/mol. The van der Waals surface area contributed by atoms with E-state index in [1.807, 2.05) is 60.7 Å². The fourth-order valence-electron chi connectivity index (χ4n) is 11.1. The van der Waals surface area contributed by atoms with E-state index in [0.29, 0.717) is 46.6 Å². The molecule has 0 radical (unpaired) electrons. The highest BCUT2D eigenvalue weighted by Gasteiger charge is 2.53. The van der Waals surface area contributed by atoms with Crippen LogP contribution in [0.4, 0.5) is 0 Å². The number of rotatable bonds is 18. The topological polar surface area (TPSA) is 40.6 Å². The first-order valence-corrected chi connectivity index (χ1v) is 26.5. The van der Waals surface area contributed by atoms with Gasteiger partial charge in [0.25, 0.3) is 0 Å². The second-order valence-electron chi connectivity index (χ2n) is 21.8. The lowest BCUT2D eigenvalue weighted by Crippen LogP contribution is -2.56. The molecule has 2 saturated heterocycles. The summed E-state index contributed by atoms with van der Waals surface area (Å²) in [7, 11) is 0. The van der Waals surface area contributed by atoms with E-state index in [0.717, 1.165) is 59.7 Å². The zero-order valence-corrected chi connectivity index (χ0v) is 45.5. The normalized spacial score (nSPS) is 24.0. The molecule has 0 spiro atoms. The summed E-state index contributed by atoms with van der Waals surface area (Å²) in [6, 6.07) is 32.5. The molecule has 2 heterocycles. The van der Waals surface area contributed by atoms with Crippen LogP contribution in [0.1, 0.15) is 167 Å². The Bertz CT molecular complexity index is 2130. The van der Waals surface area contributed by atoms with Crippen molar-refractivity contribution in [2.75, 3.05) is 0 Å². The van der Waals surface area contributed by atoms with E-state index in [9.17, 15) is 9.59 Å². The number of nitrogens with zero attached hydrogens (tertiary/aromatic N) is 2. The molecule has 8 atom stereocenters. The molecule has 2 unspecified atom stereocenters. The summed E-state index contributed by atoms with van der Waals surface area (Å²) in [5.74, 6) is 2.52.